The standard InChI is InChI=1S/C20H34O4/c1-12(2)20(7,11-19(4,5)6)18(22)23-13(3)16-14-9-8-10-15(14)17(21)24-16/h12-16H,8-11H2,1-7H3. The van der Waals surface area contributed by atoms with Crippen LogP contribution in [0.3, 0.4) is 0 Å². The summed E-state index contributed by atoms with van der Waals surface area (Å²) in [6, 6.07) is 0. The van der Waals surface area contributed by atoms with E-state index >= 15 is 0 Å². The first kappa shape index (κ1) is 19.3. The summed E-state index contributed by atoms with van der Waals surface area (Å²) in [4.78, 5) is 24.9. The molecule has 4 nitrogen and oxygen atoms in total. The van der Waals surface area contributed by atoms with Gasteiger partial charge in [0.15, 0.2) is 0 Å². The summed E-state index contributed by atoms with van der Waals surface area (Å²) >= 11 is 0. The molecule has 24 heavy (non-hydrogen) atoms. The number of rotatable bonds is 5. The molecule has 1 aliphatic heterocycles. The van der Waals surface area contributed by atoms with E-state index in [1.54, 1.807) is 0 Å². The summed E-state index contributed by atoms with van der Waals surface area (Å²) in [5, 5.41) is 0. The van der Waals surface area contributed by atoms with Gasteiger partial charge in [0.1, 0.15) is 12.2 Å². The van der Waals surface area contributed by atoms with Crippen LogP contribution in [0.1, 0.15) is 74.1 Å². The van der Waals surface area contributed by atoms with Gasteiger partial charge in [-0.25, -0.2) is 0 Å². The van der Waals surface area contributed by atoms with Crippen LogP contribution in [0.25, 0.3) is 0 Å². The second-order valence-corrected chi connectivity index (χ2v) is 9.52. The lowest BCUT2D eigenvalue weighted by molar-refractivity contribution is -0.174. The number of hydrogen-bond donors (Lipinski definition) is 0. The number of esters is 2. The lowest BCUT2D eigenvalue weighted by Gasteiger charge is -2.38. The van der Waals surface area contributed by atoms with E-state index in [9.17, 15) is 9.59 Å². The van der Waals surface area contributed by atoms with Crippen LogP contribution in [-0.4, -0.2) is 24.1 Å². The van der Waals surface area contributed by atoms with E-state index in [2.05, 4.69) is 34.6 Å². The number of ether oxygens (including phenoxy) is 2. The Balaban J connectivity index is 2.08. The van der Waals surface area contributed by atoms with Crippen molar-refractivity contribution in [3.05, 3.63) is 0 Å². The normalized spacial score (nSPS) is 30.7. The molecule has 2 fully saturated rings. The molecule has 0 N–H and O–H groups in total. The van der Waals surface area contributed by atoms with Gasteiger partial charge in [0.2, 0.25) is 0 Å². The molecule has 1 saturated carbocycles. The molecule has 0 aromatic rings. The number of carbonyl (C=O) groups excluding carboxylic acids is 2. The summed E-state index contributed by atoms with van der Waals surface area (Å²) in [6.07, 6.45) is 3.07. The van der Waals surface area contributed by atoms with Crippen LogP contribution in [0.15, 0.2) is 0 Å². The fourth-order valence-corrected chi connectivity index (χ4v) is 4.41. The van der Waals surface area contributed by atoms with Crippen LogP contribution in [0.5, 0.6) is 0 Å². The van der Waals surface area contributed by atoms with Crippen LogP contribution in [0.4, 0.5) is 0 Å². The van der Waals surface area contributed by atoms with Gasteiger partial charge < -0.3 is 9.47 Å². The van der Waals surface area contributed by atoms with E-state index in [1.165, 1.54) is 0 Å². The molecule has 1 saturated heterocycles. The van der Waals surface area contributed by atoms with Crippen molar-refractivity contribution in [3.8, 4) is 0 Å². The zero-order chi connectivity index (χ0) is 18.3. The van der Waals surface area contributed by atoms with Gasteiger partial charge in [0.05, 0.1) is 11.3 Å². The quantitative estimate of drug-likeness (QED) is 0.699. The molecular weight excluding hydrogens is 304 g/mol. The zero-order valence-electron chi connectivity index (χ0n) is 16.3. The second kappa shape index (κ2) is 6.68. The predicted molar refractivity (Wildman–Crippen MR) is 93.3 cm³/mol. The van der Waals surface area contributed by atoms with Gasteiger partial charge in [-0.1, -0.05) is 41.0 Å². The van der Waals surface area contributed by atoms with Crippen molar-refractivity contribution in [2.75, 3.05) is 0 Å². The maximum Gasteiger partial charge on any atom is 0.312 e. The molecule has 0 aromatic heterocycles. The molecule has 5 atom stereocenters. The highest BCUT2D eigenvalue weighted by Crippen LogP contribution is 2.44. The van der Waals surface area contributed by atoms with Crippen molar-refractivity contribution < 1.29 is 19.1 Å². The van der Waals surface area contributed by atoms with Crippen molar-refractivity contribution in [1.82, 2.24) is 0 Å². The monoisotopic (exact) mass is 338 g/mol. The zero-order valence-corrected chi connectivity index (χ0v) is 16.3. The summed E-state index contributed by atoms with van der Waals surface area (Å²) in [5.41, 5.74) is -0.498. The van der Waals surface area contributed by atoms with Gasteiger partial charge in [-0.15, -0.1) is 0 Å². The highest BCUT2D eigenvalue weighted by molar-refractivity contribution is 5.78. The molecule has 138 valence electrons. The highest BCUT2D eigenvalue weighted by atomic mass is 16.6. The van der Waals surface area contributed by atoms with E-state index in [1.807, 2.05) is 13.8 Å². The first-order valence-corrected chi connectivity index (χ1v) is 9.37. The molecule has 0 aromatic carbocycles. The molecule has 1 heterocycles. The molecule has 0 amide bonds. The Hall–Kier alpha value is -1.06. The molecule has 2 aliphatic rings. The first-order chi connectivity index (χ1) is 11.0. The van der Waals surface area contributed by atoms with E-state index in [0.29, 0.717) is 0 Å². The minimum absolute atomic E-state index is 0.0159. The Labute approximate surface area is 146 Å². The van der Waals surface area contributed by atoms with Crippen LogP contribution in [-0.2, 0) is 19.1 Å². The van der Waals surface area contributed by atoms with Crippen LogP contribution >= 0.6 is 0 Å². The van der Waals surface area contributed by atoms with Crippen LogP contribution in [0.2, 0.25) is 0 Å². The lowest BCUT2D eigenvalue weighted by Crippen LogP contribution is -2.42. The van der Waals surface area contributed by atoms with Gasteiger partial charge in [0.25, 0.3) is 0 Å². The summed E-state index contributed by atoms with van der Waals surface area (Å²) in [5.74, 6) is 0.140. The fraction of sp³-hybridized carbons (Fsp3) is 0.900. The SMILES string of the molecule is CC(OC(=O)C(C)(CC(C)(C)C)C(C)C)C1OC(=O)C2CCCC21. The van der Waals surface area contributed by atoms with E-state index in [0.717, 1.165) is 25.7 Å². The van der Waals surface area contributed by atoms with Crippen molar-refractivity contribution in [1.29, 1.82) is 0 Å². The third kappa shape index (κ3) is 3.78. The Morgan fingerprint density at radius 3 is 2.38 bits per heavy atom. The predicted octanol–water partition coefficient (Wildman–Crippen LogP) is 4.36. The van der Waals surface area contributed by atoms with Gasteiger partial charge in [0, 0.05) is 5.92 Å². The number of carbonyl (C=O) groups is 2. The van der Waals surface area contributed by atoms with Crippen molar-refractivity contribution in [2.24, 2.45) is 28.6 Å². The number of cyclic esters (lactones) is 1. The summed E-state index contributed by atoms with van der Waals surface area (Å²) in [6.45, 7) is 14.4. The molecule has 0 bridgehead atoms. The average Bonchev–Trinajstić information content (AvgIpc) is 3.00. The summed E-state index contributed by atoms with van der Waals surface area (Å²) < 4.78 is 11.4. The van der Waals surface area contributed by atoms with Gasteiger partial charge in [-0.3, -0.25) is 9.59 Å². The smallest absolute Gasteiger partial charge is 0.312 e. The molecule has 2 rings (SSSR count). The van der Waals surface area contributed by atoms with E-state index in [4.69, 9.17) is 9.47 Å². The average molecular weight is 338 g/mol. The molecule has 0 radical (unpaired) electrons. The van der Waals surface area contributed by atoms with Gasteiger partial charge in [-0.2, -0.15) is 0 Å². The fourth-order valence-electron chi connectivity index (χ4n) is 4.41. The number of fused-ring (bicyclic) bond motifs is 1. The van der Waals surface area contributed by atoms with Crippen molar-refractivity contribution in [3.63, 3.8) is 0 Å². The van der Waals surface area contributed by atoms with Crippen LogP contribution < -0.4 is 0 Å². The Morgan fingerprint density at radius 2 is 1.83 bits per heavy atom. The maximum absolute atomic E-state index is 13.0. The molecule has 4 heteroatoms. The largest absolute Gasteiger partial charge is 0.458 e. The highest BCUT2D eigenvalue weighted by Gasteiger charge is 2.51. The molecule has 1 aliphatic carbocycles. The molecule has 5 unspecified atom stereocenters. The van der Waals surface area contributed by atoms with Gasteiger partial charge >= 0.3 is 11.9 Å². The second-order valence-electron chi connectivity index (χ2n) is 9.52. The Kier molecular flexibility index (Phi) is 5.37. The Morgan fingerprint density at radius 1 is 1.21 bits per heavy atom. The Bertz CT molecular complexity index is 490. The first-order valence-electron chi connectivity index (χ1n) is 9.37. The van der Waals surface area contributed by atoms with E-state index in [-0.39, 0.29) is 47.3 Å². The molecular formula is C20H34O4. The van der Waals surface area contributed by atoms with Crippen molar-refractivity contribution >= 4 is 11.9 Å². The third-order valence-electron chi connectivity index (χ3n) is 5.94. The van der Waals surface area contributed by atoms with Crippen molar-refractivity contribution in [2.45, 2.75) is 86.4 Å². The topological polar surface area (TPSA) is 52.6 Å². The minimum Gasteiger partial charge on any atom is -0.458 e. The number of hydrogen-bond acceptors (Lipinski definition) is 4. The van der Waals surface area contributed by atoms with E-state index < -0.39 is 5.41 Å². The maximum atomic E-state index is 13.0. The van der Waals surface area contributed by atoms with Crippen LogP contribution in [0, 0.1) is 28.6 Å². The van der Waals surface area contributed by atoms with Gasteiger partial charge in [-0.05, 0) is 44.4 Å². The molecule has 0 spiro atoms. The summed E-state index contributed by atoms with van der Waals surface area (Å²) in [7, 11) is 0. The minimum atomic E-state index is -0.537. The lowest BCUT2D eigenvalue weighted by atomic mass is 9.68. The third-order valence-corrected chi connectivity index (χ3v) is 5.94.